The summed E-state index contributed by atoms with van der Waals surface area (Å²) in [6.45, 7) is 1.68. The van der Waals surface area contributed by atoms with E-state index < -0.39 is 0 Å². The van der Waals surface area contributed by atoms with Crippen LogP contribution in [-0.4, -0.2) is 11.8 Å². The summed E-state index contributed by atoms with van der Waals surface area (Å²) >= 11 is 11.4. The number of aromatic nitrogens is 2. The van der Waals surface area contributed by atoms with Crippen molar-refractivity contribution in [1.82, 2.24) is 0 Å². The molecule has 0 amide bonds. The zero-order valence-corrected chi connectivity index (χ0v) is 13.9. The molecule has 2 rings (SSSR count). The van der Waals surface area contributed by atoms with Gasteiger partial charge in [-0.2, -0.15) is 0 Å². The molecule has 20 heavy (non-hydrogen) atoms. The fraction of sp³-hybridized carbons (Fsp3) is 0.286. The molecule has 2 aromatic heterocycles. The predicted molar refractivity (Wildman–Crippen MR) is 73.7 cm³/mol. The third kappa shape index (κ3) is 5.45. The molecule has 6 heteroatoms. The van der Waals surface area contributed by atoms with Crippen LogP contribution in [0, 0.1) is 0 Å². The van der Waals surface area contributed by atoms with Gasteiger partial charge < -0.3 is 24.8 Å². The molecule has 2 aromatic rings. The van der Waals surface area contributed by atoms with Gasteiger partial charge in [0.15, 0.2) is 37.9 Å². The molecule has 0 saturated carbocycles. The highest BCUT2D eigenvalue weighted by Crippen LogP contribution is 2.15. The van der Waals surface area contributed by atoms with Crippen molar-refractivity contribution in [2.75, 3.05) is 11.8 Å². The number of pyridine rings is 2. The van der Waals surface area contributed by atoms with Crippen molar-refractivity contribution in [1.29, 1.82) is 0 Å². The SMILES string of the molecule is ClCC[n+]1ccc(-c2cc[n+](CCCl)cc2)cc1.[Cl-].[Cl-]. The van der Waals surface area contributed by atoms with Gasteiger partial charge in [0.25, 0.3) is 0 Å². The van der Waals surface area contributed by atoms with Gasteiger partial charge in [-0.15, -0.1) is 23.2 Å². The molecule has 0 fully saturated rings. The average molecular weight is 354 g/mol. The third-order valence-corrected chi connectivity index (χ3v) is 3.14. The average Bonchev–Trinajstić information content (AvgIpc) is 2.41. The van der Waals surface area contributed by atoms with E-state index in [0.29, 0.717) is 11.8 Å². The molecule has 0 radical (unpaired) electrons. The van der Waals surface area contributed by atoms with Crippen molar-refractivity contribution in [2.24, 2.45) is 0 Å². The fourth-order valence-electron chi connectivity index (χ4n) is 1.79. The Hall–Kier alpha value is -0.540. The van der Waals surface area contributed by atoms with Crippen molar-refractivity contribution >= 4 is 23.2 Å². The van der Waals surface area contributed by atoms with Gasteiger partial charge in [0.1, 0.15) is 0 Å². The van der Waals surface area contributed by atoms with Gasteiger partial charge in [-0.3, -0.25) is 0 Å². The Kier molecular flexibility index (Phi) is 9.95. The lowest BCUT2D eigenvalue weighted by Gasteiger charge is -2.00. The van der Waals surface area contributed by atoms with E-state index in [-0.39, 0.29) is 24.8 Å². The van der Waals surface area contributed by atoms with Crippen molar-refractivity contribution in [2.45, 2.75) is 13.1 Å². The number of aryl methyl sites for hydroxylation is 2. The Morgan fingerprint density at radius 1 is 0.650 bits per heavy atom. The number of nitrogens with zero attached hydrogens (tertiary/aromatic N) is 2. The van der Waals surface area contributed by atoms with E-state index >= 15 is 0 Å². The summed E-state index contributed by atoms with van der Waals surface area (Å²) < 4.78 is 4.15. The largest absolute Gasteiger partial charge is 1.00 e. The van der Waals surface area contributed by atoms with Gasteiger partial charge in [-0.05, 0) is 11.1 Å². The monoisotopic (exact) mass is 352 g/mol. The second-order valence-corrected chi connectivity index (χ2v) is 4.78. The molecule has 0 atom stereocenters. The van der Waals surface area contributed by atoms with Crippen LogP contribution in [0.1, 0.15) is 0 Å². The van der Waals surface area contributed by atoms with Crippen molar-refractivity contribution in [3.63, 3.8) is 0 Å². The second-order valence-electron chi connectivity index (χ2n) is 4.03. The third-order valence-electron chi connectivity index (χ3n) is 2.80. The minimum Gasteiger partial charge on any atom is -1.00 e. The Morgan fingerprint density at radius 3 is 1.20 bits per heavy atom. The van der Waals surface area contributed by atoms with E-state index in [1.165, 1.54) is 11.1 Å². The summed E-state index contributed by atoms with van der Waals surface area (Å²) in [6, 6.07) is 8.42. The van der Waals surface area contributed by atoms with E-state index in [4.69, 9.17) is 23.2 Å². The molecule has 0 aliphatic carbocycles. The Morgan fingerprint density at radius 2 is 0.950 bits per heavy atom. The van der Waals surface area contributed by atoms with Gasteiger partial charge in [0, 0.05) is 24.3 Å². The first kappa shape index (κ1) is 19.5. The smallest absolute Gasteiger partial charge is 0.169 e. The van der Waals surface area contributed by atoms with E-state index in [1.54, 1.807) is 0 Å². The molecule has 0 unspecified atom stereocenters. The number of halogens is 4. The molecule has 0 aliphatic heterocycles. The van der Waals surface area contributed by atoms with Crippen LogP contribution in [0.25, 0.3) is 11.1 Å². The first-order valence-corrected chi connectivity index (χ1v) is 7.01. The van der Waals surface area contributed by atoms with E-state index in [1.807, 2.05) is 0 Å². The molecule has 2 heterocycles. The highest BCUT2D eigenvalue weighted by atomic mass is 35.5. The van der Waals surface area contributed by atoms with Crippen LogP contribution in [0.2, 0.25) is 0 Å². The van der Waals surface area contributed by atoms with Gasteiger partial charge >= 0.3 is 0 Å². The Bertz CT molecular complexity index is 438. The highest BCUT2D eigenvalue weighted by Gasteiger charge is 2.04. The topological polar surface area (TPSA) is 7.76 Å². The quantitative estimate of drug-likeness (QED) is 0.388. The van der Waals surface area contributed by atoms with Crippen molar-refractivity contribution < 1.29 is 33.9 Å². The van der Waals surface area contributed by atoms with E-state index in [9.17, 15) is 0 Å². The first-order chi connectivity index (χ1) is 8.83. The van der Waals surface area contributed by atoms with Crippen molar-refractivity contribution in [3.8, 4) is 11.1 Å². The van der Waals surface area contributed by atoms with Crippen LogP contribution < -0.4 is 33.9 Å². The molecule has 110 valence electrons. The standard InChI is InChI=1S/C14H16Cl2N2.2ClH/c15-5-11-17-7-1-13(2-8-17)14-3-9-18(10-4-14)12-6-16;;/h1-4,7-10H,5-6,11-12H2;2*1H/q+2;;/p-2. The van der Waals surface area contributed by atoms with Crippen LogP contribution >= 0.6 is 23.2 Å². The summed E-state index contributed by atoms with van der Waals surface area (Å²) in [6.07, 6.45) is 8.21. The lowest BCUT2D eigenvalue weighted by atomic mass is 10.1. The maximum Gasteiger partial charge on any atom is 0.169 e. The summed E-state index contributed by atoms with van der Waals surface area (Å²) in [5, 5.41) is 0. The molecule has 0 spiro atoms. The molecule has 0 saturated heterocycles. The number of rotatable bonds is 5. The van der Waals surface area contributed by atoms with Gasteiger partial charge in [0.05, 0.1) is 11.8 Å². The van der Waals surface area contributed by atoms with E-state index in [0.717, 1.165) is 13.1 Å². The zero-order chi connectivity index (χ0) is 12.8. The highest BCUT2D eigenvalue weighted by molar-refractivity contribution is 6.17. The summed E-state index contributed by atoms with van der Waals surface area (Å²) in [5.74, 6) is 1.27. The summed E-state index contributed by atoms with van der Waals surface area (Å²) in [7, 11) is 0. The first-order valence-electron chi connectivity index (χ1n) is 5.94. The van der Waals surface area contributed by atoms with Crippen LogP contribution in [0.15, 0.2) is 49.1 Å². The maximum absolute atomic E-state index is 5.71. The lowest BCUT2D eigenvalue weighted by molar-refractivity contribution is -0.693. The molecule has 0 aromatic carbocycles. The van der Waals surface area contributed by atoms with Crippen LogP contribution in [0.5, 0.6) is 0 Å². The fourth-order valence-corrected chi connectivity index (χ4v) is 2.18. The van der Waals surface area contributed by atoms with Crippen LogP contribution in [0.3, 0.4) is 0 Å². The van der Waals surface area contributed by atoms with Crippen LogP contribution in [0.4, 0.5) is 0 Å². The second kappa shape index (κ2) is 10.2. The number of alkyl halides is 2. The lowest BCUT2D eigenvalue weighted by Crippen LogP contribution is -3.00. The molecule has 0 N–H and O–H groups in total. The molecular formula is C14H16Cl4N2. The van der Waals surface area contributed by atoms with Gasteiger partial charge in [-0.25, -0.2) is 9.13 Å². The summed E-state index contributed by atoms with van der Waals surface area (Å²) in [5.41, 5.74) is 2.41. The van der Waals surface area contributed by atoms with Gasteiger partial charge in [0.2, 0.25) is 0 Å². The zero-order valence-electron chi connectivity index (χ0n) is 10.9. The predicted octanol–water partition coefficient (Wildman–Crippen LogP) is -3.59. The normalized spacial score (nSPS) is 9.50. The van der Waals surface area contributed by atoms with Crippen molar-refractivity contribution in [3.05, 3.63) is 49.1 Å². The Labute approximate surface area is 142 Å². The molecule has 0 aliphatic rings. The van der Waals surface area contributed by atoms with E-state index in [2.05, 4.69) is 58.2 Å². The summed E-state index contributed by atoms with van der Waals surface area (Å²) in [4.78, 5) is 0. The number of hydrogen-bond donors (Lipinski definition) is 0. The van der Waals surface area contributed by atoms with Gasteiger partial charge in [-0.1, -0.05) is 0 Å². The molecular weight excluding hydrogens is 338 g/mol. The van der Waals surface area contributed by atoms with Crippen LogP contribution in [-0.2, 0) is 13.1 Å². The molecule has 0 bridgehead atoms. The Balaban J connectivity index is 0.00000180. The maximum atomic E-state index is 5.71. The minimum absolute atomic E-state index is 0. The number of hydrogen-bond acceptors (Lipinski definition) is 0. The minimum atomic E-state index is 0. The molecule has 2 nitrogen and oxygen atoms in total.